The Balaban J connectivity index is 1.89. The Hall–Kier alpha value is -2.28. The zero-order chi connectivity index (χ0) is 13.5. The standard InChI is InChI=1S/C19H16O/c1-13-5-4-6-14(11-13)15-9-10-17-16-7-2-3-8-18(16)20-19(17)12-15/h2-10,12-13H,11H2,1H3/t13-/m1/s1. The van der Waals surface area contributed by atoms with E-state index in [2.05, 4.69) is 55.5 Å². The smallest absolute Gasteiger partial charge is 0.136 e. The zero-order valence-corrected chi connectivity index (χ0v) is 11.5. The Labute approximate surface area is 118 Å². The van der Waals surface area contributed by atoms with Gasteiger partial charge >= 0.3 is 0 Å². The average molecular weight is 260 g/mol. The quantitative estimate of drug-likeness (QED) is 0.558. The predicted molar refractivity (Wildman–Crippen MR) is 84.6 cm³/mol. The highest BCUT2D eigenvalue weighted by molar-refractivity contribution is 6.05. The fourth-order valence-corrected chi connectivity index (χ4v) is 2.98. The molecule has 0 aliphatic heterocycles. The SMILES string of the molecule is C[C@@H]1C=CC=C(c2ccc3c(c2)oc2ccccc23)C1. The van der Waals surface area contributed by atoms with E-state index in [0.717, 1.165) is 17.6 Å². The molecule has 0 saturated heterocycles. The molecule has 1 aliphatic rings. The van der Waals surface area contributed by atoms with Crippen molar-refractivity contribution in [2.45, 2.75) is 13.3 Å². The zero-order valence-electron chi connectivity index (χ0n) is 11.5. The number of para-hydroxylation sites is 1. The lowest BCUT2D eigenvalue weighted by molar-refractivity contribution is 0.668. The monoisotopic (exact) mass is 260 g/mol. The third-order valence-corrected chi connectivity index (χ3v) is 4.03. The molecule has 0 fully saturated rings. The molecule has 1 heterocycles. The van der Waals surface area contributed by atoms with E-state index in [1.807, 2.05) is 12.1 Å². The van der Waals surface area contributed by atoms with E-state index in [9.17, 15) is 0 Å². The molecular weight excluding hydrogens is 244 g/mol. The number of fused-ring (bicyclic) bond motifs is 3. The van der Waals surface area contributed by atoms with Gasteiger partial charge in [0, 0.05) is 10.8 Å². The molecule has 20 heavy (non-hydrogen) atoms. The van der Waals surface area contributed by atoms with Crippen LogP contribution in [0.5, 0.6) is 0 Å². The fraction of sp³-hybridized carbons (Fsp3) is 0.158. The maximum Gasteiger partial charge on any atom is 0.136 e. The highest BCUT2D eigenvalue weighted by atomic mass is 16.3. The van der Waals surface area contributed by atoms with E-state index < -0.39 is 0 Å². The number of hydrogen-bond acceptors (Lipinski definition) is 1. The molecule has 1 aromatic heterocycles. The Bertz CT molecular complexity index is 848. The Morgan fingerprint density at radius 3 is 2.75 bits per heavy atom. The minimum absolute atomic E-state index is 0.612. The van der Waals surface area contributed by atoms with E-state index in [0.29, 0.717) is 5.92 Å². The predicted octanol–water partition coefficient (Wildman–Crippen LogP) is 5.57. The maximum absolute atomic E-state index is 5.97. The van der Waals surface area contributed by atoms with Gasteiger partial charge in [0.05, 0.1) is 0 Å². The van der Waals surface area contributed by atoms with Crippen molar-refractivity contribution >= 4 is 27.5 Å². The van der Waals surface area contributed by atoms with Crippen molar-refractivity contribution in [1.29, 1.82) is 0 Å². The first-order valence-electron chi connectivity index (χ1n) is 7.10. The van der Waals surface area contributed by atoms with Crippen molar-refractivity contribution in [2.24, 2.45) is 5.92 Å². The van der Waals surface area contributed by atoms with Crippen molar-refractivity contribution in [1.82, 2.24) is 0 Å². The lowest BCUT2D eigenvalue weighted by atomic mass is 9.91. The fourth-order valence-electron chi connectivity index (χ4n) is 2.98. The van der Waals surface area contributed by atoms with Gasteiger partial charge in [0.1, 0.15) is 11.2 Å². The molecule has 0 saturated carbocycles. The molecular formula is C19H16O. The van der Waals surface area contributed by atoms with Gasteiger partial charge in [-0.1, -0.05) is 49.4 Å². The molecule has 1 nitrogen and oxygen atoms in total. The molecule has 98 valence electrons. The number of hydrogen-bond donors (Lipinski definition) is 0. The van der Waals surface area contributed by atoms with Crippen molar-refractivity contribution in [3.63, 3.8) is 0 Å². The average Bonchev–Trinajstić information content (AvgIpc) is 2.85. The molecule has 0 N–H and O–H groups in total. The molecule has 0 radical (unpaired) electrons. The first-order valence-corrected chi connectivity index (χ1v) is 7.10. The van der Waals surface area contributed by atoms with Gasteiger partial charge in [0.25, 0.3) is 0 Å². The Morgan fingerprint density at radius 1 is 1.00 bits per heavy atom. The van der Waals surface area contributed by atoms with Gasteiger partial charge in [0.2, 0.25) is 0 Å². The van der Waals surface area contributed by atoms with Gasteiger partial charge in [-0.05, 0) is 41.7 Å². The summed E-state index contributed by atoms with van der Waals surface area (Å²) in [4.78, 5) is 0. The summed E-state index contributed by atoms with van der Waals surface area (Å²) >= 11 is 0. The summed E-state index contributed by atoms with van der Waals surface area (Å²) in [5.41, 5.74) is 4.60. The van der Waals surface area contributed by atoms with E-state index in [1.54, 1.807) is 0 Å². The van der Waals surface area contributed by atoms with E-state index in [4.69, 9.17) is 4.42 Å². The topological polar surface area (TPSA) is 13.1 Å². The first kappa shape index (κ1) is 11.5. The number of benzene rings is 2. The van der Waals surface area contributed by atoms with Crippen molar-refractivity contribution in [2.75, 3.05) is 0 Å². The van der Waals surface area contributed by atoms with Crippen LogP contribution in [0.4, 0.5) is 0 Å². The number of rotatable bonds is 1. The molecule has 4 rings (SSSR count). The van der Waals surface area contributed by atoms with Gasteiger partial charge in [-0.3, -0.25) is 0 Å². The van der Waals surface area contributed by atoms with Crippen molar-refractivity contribution in [3.8, 4) is 0 Å². The van der Waals surface area contributed by atoms with Gasteiger partial charge in [-0.15, -0.1) is 0 Å². The van der Waals surface area contributed by atoms with E-state index in [-0.39, 0.29) is 0 Å². The van der Waals surface area contributed by atoms with Crippen LogP contribution in [0, 0.1) is 5.92 Å². The maximum atomic E-state index is 5.97. The molecule has 0 amide bonds. The highest BCUT2D eigenvalue weighted by Crippen LogP contribution is 2.33. The molecule has 0 bridgehead atoms. The normalized spacial score (nSPS) is 18.6. The van der Waals surface area contributed by atoms with Crippen LogP contribution in [0.3, 0.4) is 0 Å². The minimum atomic E-state index is 0.612. The van der Waals surface area contributed by atoms with E-state index in [1.165, 1.54) is 21.9 Å². The van der Waals surface area contributed by atoms with Gasteiger partial charge < -0.3 is 4.42 Å². The second-order valence-corrected chi connectivity index (χ2v) is 5.57. The largest absolute Gasteiger partial charge is 0.456 e. The molecule has 0 spiro atoms. The van der Waals surface area contributed by atoms with Crippen molar-refractivity contribution in [3.05, 3.63) is 66.3 Å². The molecule has 2 aromatic carbocycles. The van der Waals surface area contributed by atoms with E-state index >= 15 is 0 Å². The molecule has 1 atom stereocenters. The highest BCUT2D eigenvalue weighted by Gasteiger charge is 2.11. The van der Waals surface area contributed by atoms with Crippen LogP contribution in [0.2, 0.25) is 0 Å². The summed E-state index contributed by atoms with van der Waals surface area (Å²) < 4.78 is 5.97. The Morgan fingerprint density at radius 2 is 1.85 bits per heavy atom. The van der Waals surface area contributed by atoms with Gasteiger partial charge in [0.15, 0.2) is 0 Å². The minimum Gasteiger partial charge on any atom is -0.456 e. The summed E-state index contributed by atoms with van der Waals surface area (Å²) in [6.45, 7) is 2.25. The second kappa shape index (κ2) is 4.38. The van der Waals surface area contributed by atoms with Crippen LogP contribution in [-0.2, 0) is 0 Å². The molecule has 3 aromatic rings. The molecule has 1 aliphatic carbocycles. The van der Waals surface area contributed by atoms with Crippen molar-refractivity contribution < 1.29 is 4.42 Å². The van der Waals surface area contributed by atoms with Gasteiger partial charge in [-0.2, -0.15) is 0 Å². The summed E-state index contributed by atoms with van der Waals surface area (Å²) in [6.07, 6.45) is 7.72. The van der Waals surface area contributed by atoms with Crippen LogP contribution in [-0.4, -0.2) is 0 Å². The number of furan rings is 1. The summed E-state index contributed by atoms with van der Waals surface area (Å²) in [7, 11) is 0. The Kier molecular flexibility index (Phi) is 2.53. The molecule has 0 unspecified atom stereocenters. The lowest BCUT2D eigenvalue weighted by Crippen LogP contribution is -1.96. The summed E-state index contributed by atoms with van der Waals surface area (Å²) in [6, 6.07) is 14.8. The summed E-state index contributed by atoms with van der Waals surface area (Å²) in [5, 5.41) is 2.39. The third-order valence-electron chi connectivity index (χ3n) is 4.03. The first-order chi connectivity index (χ1) is 9.81. The summed E-state index contributed by atoms with van der Waals surface area (Å²) in [5.74, 6) is 0.612. The third kappa shape index (κ3) is 1.78. The van der Waals surface area contributed by atoms with Crippen LogP contribution in [0.25, 0.3) is 27.5 Å². The van der Waals surface area contributed by atoms with Crippen LogP contribution < -0.4 is 0 Å². The molecule has 1 heteroatoms. The van der Waals surface area contributed by atoms with Gasteiger partial charge in [-0.25, -0.2) is 0 Å². The lowest BCUT2D eigenvalue weighted by Gasteiger charge is -2.14. The van der Waals surface area contributed by atoms with Crippen LogP contribution >= 0.6 is 0 Å². The van der Waals surface area contributed by atoms with Crippen LogP contribution in [0.15, 0.2) is 65.1 Å². The second-order valence-electron chi connectivity index (χ2n) is 5.57. The van der Waals surface area contributed by atoms with Crippen LogP contribution in [0.1, 0.15) is 18.9 Å². The number of allylic oxidation sites excluding steroid dienone is 4.